The lowest BCUT2D eigenvalue weighted by Gasteiger charge is -2.29. The summed E-state index contributed by atoms with van der Waals surface area (Å²) >= 11 is 0. The molecule has 1 aromatic heterocycles. The lowest BCUT2D eigenvalue weighted by molar-refractivity contribution is -0.206. The topological polar surface area (TPSA) is 31.4 Å². The molecular weight excluding hydrogens is 442 g/mol. The third-order valence-corrected chi connectivity index (χ3v) is 7.36. The van der Waals surface area contributed by atoms with Crippen LogP contribution in [-0.2, 0) is 15.9 Å². The largest absolute Gasteiger partial charge is 0.348 e. The molecular formula is C33H49NO2. The summed E-state index contributed by atoms with van der Waals surface area (Å²) in [6, 6.07) is 13.1. The molecule has 0 saturated carbocycles. The molecule has 1 saturated heterocycles. The van der Waals surface area contributed by atoms with Crippen molar-refractivity contribution in [2.24, 2.45) is 5.92 Å². The van der Waals surface area contributed by atoms with E-state index in [0.29, 0.717) is 5.92 Å². The highest BCUT2D eigenvalue weighted by Crippen LogP contribution is 2.28. The van der Waals surface area contributed by atoms with Crippen LogP contribution in [0.1, 0.15) is 114 Å². The third kappa shape index (κ3) is 10.6. The predicted octanol–water partition coefficient (Wildman–Crippen LogP) is 9.62. The smallest absolute Gasteiger partial charge is 0.185 e. The van der Waals surface area contributed by atoms with Gasteiger partial charge in [-0.05, 0) is 43.7 Å². The van der Waals surface area contributed by atoms with Crippen LogP contribution >= 0.6 is 0 Å². The number of hydrogen-bond donors (Lipinski definition) is 0. The molecule has 198 valence electrons. The lowest BCUT2D eigenvalue weighted by atomic mass is 10.0. The molecule has 3 rings (SSSR count). The first-order valence-electron chi connectivity index (χ1n) is 14.7. The minimum absolute atomic E-state index is 0.284. The molecule has 0 aliphatic carbocycles. The summed E-state index contributed by atoms with van der Waals surface area (Å²) in [4.78, 5) is 4.71. The molecule has 0 bridgehead atoms. The number of aromatic nitrogens is 1. The number of aryl methyl sites for hydroxylation is 1. The van der Waals surface area contributed by atoms with Crippen molar-refractivity contribution in [2.75, 3.05) is 13.2 Å². The summed E-state index contributed by atoms with van der Waals surface area (Å²) in [5, 5.41) is 0. The van der Waals surface area contributed by atoms with Gasteiger partial charge in [0.2, 0.25) is 0 Å². The molecule has 0 radical (unpaired) electrons. The van der Waals surface area contributed by atoms with Gasteiger partial charge >= 0.3 is 0 Å². The van der Waals surface area contributed by atoms with Gasteiger partial charge in [0, 0.05) is 23.2 Å². The molecule has 1 aliphatic heterocycles. The first-order valence-corrected chi connectivity index (χ1v) is 14.7. The van der Waals surface area contributed by atoms with Crippen LogP contribution in [0.4, 0.5) is 0 Å². The van der Waals surface area contributed by atoms with Crippen molar-refractivity contribution < 1.29 is 9.47 Å². The van der Waals surface area contributed by atoms with Crippen LogP contribution in [-0.4, -0.2) is 18.2 Å². The molecule has 1 aromatic carbocycles. The van der Waals surface area contributed by atoms with Gasteiger partial charge in [-0.15, -0.1) is 6.58 Å². The number of allylic oxidation sites excluding steroid dienone is 1. The number of pyridine rings is 1. The number of ether oxygens (including phenoxy) is 2. The summed E-state index contributed by atoms with van der Waals surface area (Å²) in [5.74, 6) is 0.520. The van der Waals surface area contributed by atoms with Crippen LogP contribution in [0.15, 0.2) is 55.3 Å². The fourth-order valence-corrected chi connectivity index (χ4v) is 5.00. The van der Waals surface area contributed by atoms with E-state index in [1.54, 1.807) is 0 Å². The fraction of sp³-hybridized carbons (Fsp3) is 0.606. The monoisotopic (exact) mass is 491 g/mol. The normalized spacial score (nSPS) is 17.8. The Bertz CT molecular complexity index is 822. The quantitative estimate of drug-likeness (QED) is 0.154. The summed E-state index contributed by atoms with van der Waals surface area (Å²) in [6.45, 7) is 7.63. The average Bonchev–Trinajstić information content (AvgIpc) is 2.93. The van der Waals surface area contributed by atoms with Gasteiger partial charge in [-0.3, -0.25) is 4.98 Å². The first-order chi connectivity index (χ1) is 17.8. The molecule has 0 unspecified atom stereocenters. The second-order valence-electron chi connectivity index (χ2n) is 10.5. The molecule has 1 fully saturated rings. The minimum Gasteiger partial charge on any atom is -0.348 e. The number of rotatable bonds is 18. The van der Waals surface area contributed by atoms with Crippen LogP contribution < -0.4 is 0 Å². The summed E-state index contributed by atoms with van der Waals surface area (Å²) in [7, 11) is 0. The maximum atomic E-state index is 6.06. The van der Waals surface area contributed by atoms with Crippen molar-refractivity contribution in [3.05, 3.63) is 66.4 Å². The van der Waals surface area contributed by atoms with E-state index in [0.717, 1.165) is 30.9 Å². The van der Waals surface area contributed by atoms with Crippen LogP contribution in [0, 0.1) is 5.92 Å². The molecule has 2 heterocycles. The molecule has 0 atom stereocenters. The minimum atomic E-state index is -0.284. The van der Waals surface area contributed by atoms with E-state index >= 15 is 0 Å². The molecule has 36 heavy (non-hydrogen) atoms. The zero-order valence-electron chi connectivity index (χ0n) is 22.8. The summed E-state index contributed by atoms with van der Waals surface area (Å²) in [6.07, 6.45) is 23.2. The summed E-state index contributed by atoms with van der Waals surface area (Å²) < 4.78 is 12.1. The lowest BCUT2D eigenvalue weighted by Crippen LogP contribution is -2.27. The van der Waals surface area contributed by atoms with E-state index in [-0.39, 0.29) is 6.29 Å². The van der Waals surface area contributed by atoms with E-state index in [2.05, 4.69) is 49.9 Å². The molecule has 1 aliphatic rings. The Labute approximate surface area is 220 Å². The Morgan fingerprint density at radius 2 is 1.47 bits per heavy atom. The molecule has 2 aromatic rings. The second kappa shape index (κ2) is 17.5. The molecule has 0 N–H and O–H groups in total. The van der Waals surface area contributed by atoms with Crippen molar-refractivity contribution in [1.82, 2.24) is 4.98 Å². The zero-order valence-corrected chi connectivity index (χ0v) is 22.8. The highest BCUT2D eigenvalue weighted by atomic mass is 16.7. The van der Waals surface area contributed by atoms with Crippen LogP contribution in [0.2, 0.25) is 0 Å². The van der Waals surface area contributed by atoms with Crippen molar-refractivity contribution in [3.63, 3.8) is 0 Å². The van der Waals surface area contributed by atoms with Gasteiger partial charge in [-0.2, -0.15) is 0 Å². The fourth-order valence-electron chi connectivity index (χ4n) is 5.00. The maximum Gasteiger partial charge on any atom is 0.185 e. The van der Waals surface area contributed by atoms with E-state index in [1.165, 1.54) is 101 Å². The predicted molar refractivity (Wildman–Crippen MR) is 152 cm³/mol. The Hall–Kier alpha value is -1.97. The molecule has 3 heteroatoms. The highest BCUT2D eigenvalue weighted by Gasteiger charge is 2.23. The van der Waals surface area contributed by atoms with Gasteiger partial charge < -0.3 is 9.47 Å². The molecule has 3 nitrogen and oxygen atoms in total. The van der Waals surface area contributed by atoms with Crippen molar-refractivity contribution in [3.8, 4) is 11.3 Å². The number of hydrogen-bond acceptors (Lipinski definition) is 3. The van der Waals surface area contributed by atoms with Gasteiger partial charge in [-0.1, -0.05) is 108 Å². The SMILES string of the molecule is C=CCCCCCCCCC[C@H]1CO[C@H](c2ccc(-c3ccc(CCCCCCC)cc3)nc2)OC1. The number of benzene rings is 1. The Morgan fingerprint density at radius 1 is 0.806 bits per heavy atom. The van der Waals surface area contributed by atoms with Gasteiger partial charge in [0.25, 0.3) is 0 Å². The van der Waals surface area contributed by atoms with Gasteiger partial charge in [0.1, 0.15) is 0 Å². The Kier molecular flexibility index (Phi) is 13.9. The Morgan fingerprint density at radius 3 is 2.14 bits per heavy atom. The van der Waals surface area contributed by atoms with E-state index in [4.69, 9.17) is 14.5 Å². The van der Waals surface area contributed by atoms with Crippen molar-refractivity contribution in [2.45, 2.75) is 110 Å². The average molecular weight is 492 g/mol. The van der Waals surface area contributed by atoms with Crippen LogP contribution in [0.5, 0.6) is 0 Å². The van der Waals surface area contributed by atoms with Gasteiger partial charge in [0.15, 0.2) is 6.29 Å². The standard InChI is InChI=1S/C33H49NO2/c1-3-5-7-9-10-11-12-14-16-18-29-26-35-33(36-27-29)31-23-24-32(34-25-31)30-21-19-28(20-22-30)17-15-13-8-6-4-2/h3,19-25,29,33H,1,4-18,26-27H2,2H3/t29-,33-. The zero-order chi connectivity index (χ0) is 25.3. The number of unbranched alkanes of at least 4 members (excludes halogenated alkanes) is 11. The highest BCUT2D eigenvalue weighted by molar-refractivity contribution is 5.59. The van der Waals surface area contributed by atoms with E-state index < -0.39 is 0 Å². The van der Waals surface area contributed by atoms with Crippen LogP contribution in [0.25, 0.3) is 11.3 Å². The number of nitrogens with zero attached hydrogens (tertiary/aromatic N) is 1. The first kappa shape index (κ1) is 28.6. The third-order valence-electron chi connectivity index (χ3n) is 7.36. The van der Waals surface area contributed by atoms with E-state index in [1.807, 2.05) is 12.3 Å². The maximum absolute atomic E-state index is 6.06. The summed E-state index contributed by atoms with van der Waals surface area (Å²) in [5.41, 5.74) is 4.60. The van der Waals surface area contributed by atoms with E-state index in [9.17, 15) is 0 Å². The molecule has 0 amide bonds. The Balaban J connectivity index is 1.31. The second-order valence-corrected chi connectivity index (χ2v) is 10.5. The molecule has 0 spiro atoms. The van der Waals surface area contributed by atoms with Crippen LogP contribution in [0.3, 0.4) is 0 Å². The van der Waals surface area contributed by atoms with Gasteiger partial charge in [0.05, 0.1) is 18.9 Å². The van der Waals surface area contributed by atoms with Crippen molar-refractivity contribution in [1.29, 1.82) is 0 Å². The van der Waals surface area contributed by atoms with Gasteiger partial charge in [-0.25, -0.2) is 0 Å². The van der Waals surface area contributed by atoms with Crippen molar-refractivity contribution >= 4 is 0 Å².